The average Bonchev–Trinajstić information content (AvgIpc) is 3.23. The molecular formula is C80H50O2. The number of benzene rings is 15. The lowest BCUT2D eigenvalue weighted by Gasteiger charge is -2.19. The van der Waals surface area contributed by atoms with Gasteiger partial charge in [0.1, 0.15) is 22.3 Å². The molecule has 82 heavy (non-hydrogen) atoms. The van der Waals surface area contributed by atoms with Crippen molar-refractivity contribution in [2.75, 3.05) is 0 Å². The molecule has 0 aliphatic heterocycles. The van der Waals surface area contributed by atoms with Crippen LogP contribution in [-0.4, -0.2) is 0 Å². The highest BCUT2D eigenvalue weighted by molar-refractivity contribution is 6.24. The van der Waals surface area contributed by atoms with Gasteiger partial charge in [-0.3, -0.25) is 0 Å². The Morgan fingerprint density at radius 1 is 0.159 bits per heavy atom. The summed E-state index contributed by atoms with van der Waals surface area (Å²) in [7, 11) is 0. The van der Waals surface area contributed by atoms with E-state index >= 15 is 0 Å². The summed E-state index contributed by atoms with van der Waals surface area (Å²) in [6.45, 7) is 0. The number of hydrogen-bond acceptors (Lipinski definition) is 2. The zero-order valence-electron chi connectivity index (χ0n) is 44.7. The van der Waals surface area contributed by atoms with Gasteiger partial charge in [0, 0.05) is 21.5 Å². The molecule has 0 radical (unpaired) electrons. The van der Waals surface area contributed by atoms with Crippen molar-refractivity contribution in [1.82, 2.24) is 0 Å². The minimum absolute atomic E-state index is 0.917. The predicted molar refractivity (Wildman–Crippen MR) is 348 cm³/mol. The van der Waals surface area contributed by atoms with E-state index in [4.69, 9.17) is 8.83 Å². The van der Waals surface area contributed by atoms with Crippen molar-refractivity contribution < 1.29 is 8.83 Å². The van der Waals surface area contributed by atoms with E-state index in [0.29, 0.717) is 0 Å². The maximum Gasteiger partial charge on any atom is 0.135 e. The van der Waals surface area contributed by atoms with Crippen LogP contribution in [0.1, 0.15) is 0 Å². The van der Waals surface area contributed by atoms with Crippen molar-refractivity contribution in [3.05, 3.63) is 303 Å². The Hall–Kier alpha value is -10.8. The van der Waals surface area contributed by atoms with E-state index in [1.54, 1.807) is 0 Å². The number of rotatable bonds is 6. The van der Waals surface area contributed by atoms with E-state index in [-0.39, 0.29) is 0 Å². The molecule has 2 heteroatoms. The SMILES string of the molecule is c1cc(-c2cccc3ccccc23)cc(-c2c3ccccc3c(-c3ccc4oc5ccccc5c4c3)c3ccccc23)c1.c1ccc(-c2ccccc2-c2c3ccccc3c(-c3ccc4oc5ccccc5c4c3)c3ccccc23)cc1. The summed E-state index contributed by atoms with van der Waals surface area (Å²) in [4.78, 5) is 0. The second-order valence-corrected chi connectivity index (χ2v) is 21.3. The minimum atomic E-state index is 0.917. The molecule has 2 aromatic heterocycles. The highest BCUT2D eigenvalue weighted by Gasteiger charge is 2.21. The molecule has 0 fully saturated rings. The van der Waals surface area contributed by atoms with Gasteiger partial charge < -0.3 is 8.83 Å². The lowest BCUT2D eigenvalue weighted by atomic mass is 9.83. The van der Waals surface area contributed by atoms with E-state index in [1.165, 1.54) is 121 Å². The predicted octanol–water partition coefficient (Wildman–Crippen LogP) is 22.9. The van der Waals surface area contributed by atoms with Crippen molar-refractivity contribution in [1.29, 1.82) is 0 Å². The molecule has 2 heterocycles. The van der Waals surface area contributed by atoms with Crippen LogP contribution in [0, 0.1) is 0 Å². The van der Waals surface area contributed by atoms with Gasteiger partial charge in [-0.15, -0.1) is 0 Å². The number of para-hydroxylation sites is 2. The lowest BCUT2D eigenvalue weighted by molar-refractivity contribution is 0.668. The second-order valence-electron chi connectivity index (χ2n) is 21.3. The van der Waals surface area contributed by atoms with Gasteiger partial charge in [0.15, 0.2) is 0 Å². The number of hydrogen-bond donors (Lipinski definition) is 0. The zero-order chi connectivity index (χ0) is 54.1. The van der Waals surface area contributed by atoms with E-state index < -0.39 is 0 Å². The normalized spacial score (nSPS) is 11.7. The fourth-order valence-electron chi connectivity index (χ4n) is 13.1. The molecule has 0 saturated carbocycles. The van der Waals surface area contributed by atoms with Crippen LogP contribution in [0.25, 0.3) is 165 Å². The van der Waals surface area contributed by atoms with Crippen LogP contribution in [0.2, 0.25) is 0 Å². The summed E-state index contributed by atoms with van der Waals surface area (Å²) in [5, 5.41) is 17.1. The Kier molecular flexibility index (Phi) is 11.2. The van der Waals surface area contributed by atoms with Crippen LogP contribution in [0.5, 0.6) is 0 Å². The molecule has 0 N–H and O–H groups in total. The van der Waals surface area contributed by atoms with Crippen LogP contribution in [0.4, 0.5) is 0 Å². The number of furan rings is 2. The van der Waals surface area contributed by atoms with Crippen LogP contribution in [-0.2, 0) is 0 Å². The summed E-state index contributed by atoms with van der Waals surface area (Å²) < 4.78 is 12.3. The van der Waals surface area contributed by atoms with Gasteiger partial charge in [-0.2, -0.15) is 0 Å². The van der Waals surface area contributed by atoms with Crippen molar-refractivity contribution in [2.45, 2.75) is 0 Å². The quantitative estimate of drug-likeness (QED) is 0.155. The first-order valence-electron chi connectivity index (χ1n) is 28.1. The molecule has 2 nitrogen and oxygen atoms in total. The van der Waals surface area contributed by atoms with Gasteiger partial charge in [0.25, 0.3) is 0 Å². The Labute approximate surface area is 474 Å². The van der Waals surface area contributed by atoms with Gasteiger partial charge in [-0.05, 0) is 163 Å². The van der Waals surface area contributed by atoms with Crippen LogP contribution < -0.4 is 0 Å². The largest absolute Gasteiger partial charge is 0.456 e. The van der Waals surface area contributed by atoms with Crippen molar-refractivity contribution in [2.24, 2.45) is 0 Å². The Morgan fingerprint density at radius 2 is 0.488 bits per heavy atom. The topological polar surface area (TPSA) is 26.3 Å². The highest BCUT2D eigenvalue weighted by Crippen LogP contribution is 2.48. The molecule has 17 rings (SSSR count). The van der Waals surface area contributed by atoms with Gasteiger partial charge in [-0.1, -0.05) is 261 Å². The summed E-state index contributed by atoms with van der Waals surface area (Å²) in [5.74, 6) is 0. The summed E-state index contributed by atoms with van der Waals surface area (Å²) >= 11 is 0. The van der Waals surface area contributed by atoms with Crippen molar-refractivity contribution in [3.8, 4) is 66.8 Å². The first kappa shape index (κ1) is 47.2. The standard InChI is InChI=1S/C42H26O.C38H24O/c1-2-15-31-27(11-1)12-10-21-32(31)28-13-9-14-29(25-28)41-34-17-3-5-19-36(34)42(37-20-6-4-18-35(37)41)30-23-24-40-38(26-30)33-16-7-8-22-39(33)43-40;1-2-12-25(13-3-1)27-14-4-5-16-29(27)38-32-19-8-6-17-30(32)37(31-18-7-9-20-33(31)38)26-22-23-36-34(24-26)28-15-10-11-21-35(28)39-36/h1-26H;1-24H. The zero-order valence-corrected chi connectivity index (χ0v) is 44.7. The van der Waals surface area contributed by atoms with Gasteiger partial charge >= 0.3 is 0 Å². The first-order chi connectivity index (χ1) is 40.7. The first-order valence-corrected chi connectivity index (χ1v) is 28.1. The highest BCUT2D eigenvalue weighted by atomic mass is 16.3. The molecule has 0 aliphatic carbocycles. The van der Waals surface area contributed by atoms with Crippen molar-refractivity contribution >= 4 is 97.7 Å². The molecule has 382 valence electrons. The molecular weight excluding hydrogens is 993 g/mol. The molecule has 17 aromatic rings. The molecule has 0 unspecified atom stereocenters. The average molecular weight is 1040 g/mol. The summed E-state index contributed by atoms with van der Waals surface area (Å²) in [6.07, 6.45) is 0. The maximum atomic E-state index is 6.17. The monoisotopic (exact) mass is 1040 g/mol. The van der Waals surface area contributed by atoms with E-state index in [0.717, 1.165) is 43.9 Å². The molecule has 0 saturated heterocycles. The minimum Gasteiger partial charge on any atom is -0.456 e. The maximum absolute atomic E-state index is 6.17. The fraction of sp³-hybridized carbons (Fsp3) is 0. The molecule has 0 atom stereocenters. The third-order valence-corrected chi connectivity index (χ3v) is 16.7. The Bertz CT molecular complexity index is 5230. The van der Waals surface area contributed by atoms with E-state index in [9.17, 15) is 0 Å². The number of fused-ring (bicyclic) bond motifs is 11. The molecule has 0 spiro atoms. The smallest absolute Gasteiger partial charge is 0.135 e. The van der Waals surface area contributed by atoms with E-state index in [1.807, 2.05) is 24.3 Å². The molecule has 15 aromatic carbocycles. The van der Waals surface area contributed by atoms with Crippen LogP contribution in [0.15, 0.2) is 312 Å². The third-order valence-electron chi connectivity index (χ3n) is 16.7. The molecule has 0 aliphatic rings. The van der Waals surface area contributed by atoms with Crippen LogP contribution in [0.3, 0.4) is 0 Å². The lowest BCUT2D eigenvalue weighted by Crippen LogP contribution is -1.92. The van der Waals surface area contributed by atoms with Gasteiger partial charge in [-0.25, -0.2) is 0 Å². The summed E-state index contributed by atoms with van der Waals surface area (Å²) in [5.41, 5.74) is 18.6. The Balaban J connectivity index is 0.000000136. The summed E-state index contributed by atoms with van der Waals surface area (Å²) in [6, 6.07) is 109. The van der Waals surface area contributed by atoms with Gasteiger partial charge in [0.2, 0.25) is 0 Å². The van der Waals surface area contributed by atoms with Crippen molar-refractivity contribution in [3.63, 3.8) is 0 Å². The second kappa shape index (κ2) is 19.5. The van der Waals surface area contributed by atoms with Crippen LogP contribution >= 0.6 is 0 Å². The molecule has 0 amide bonds. The molecule has 0 bridgehead atoms. The fourth-order valence-corrected chi connectivity index (χ4v) is 13.1. The van der Waals surface area contributed by atoms with Gasteiger partial charge in [0.05, 0.1) is 0 Å². The Morgan fingerprint density at radius 3 is 1.00 bits per heavy atom. The third kappa shape index (κ3) is 7.80. The van der Waals surface area contributed by atoms with E-state index in [2.05, 4.69) is 279 Å².